The van der Waals surface area contributed by atoms with E-state index in [1.807, 2.05) is 0 Å². The fourth-order valence-electron chi connectivity index (χ4n) is 2.91. The highest BCUT2D eigenvalue weighted by molar-refractivity contribution is 9.10. The molecular weight excluding hydrogens is 396 g/mol. The molecule has 120 valence electrons. The smallest absolute Gasteiger partial charge is 0.0767 e. The van der Waals surface area contributed by atoms with E-state index in [0.29, 0.717) is 0 Å². The van der Waals surface area contributed by atoms with Gasteiger partial charge in [-0.3, -0.25) is 9.58 Å². The van der Waals surface area contributed by atoms with Crippen molar-refractivity contribution in [2.24, 2.45) is 0 Å². The summed E-state index contributed by atoms with van der Waals surface area (Å²) < 4.78 is 3.37. The topological polar surface area (TPSA) is 24.3 Å². The van der Waals surface area contributed by atoms with E-state index in [4.69, 9.17) is 5.10 Å². The van der Waals surface area contributed by atoms with Gasteiger partial charge in [-0.05, 0) is 48.8 Å². The molecule has 0 unspecified atom stereocenters. The van der Waals surface area contributed by atoms with Crippen LogP contribution in [0.5, 0.6) is 0 Å². The van der Waals surface area contributed by atoms with Gasteiger partial charge >= 0.3 is 0 Å². The normalized spacial score (nSPS) is 18.1. The molecule has 1 saturated heterocycles. The van der Waals surface area contributed by atoms with Gasteiger partial charge in [0, 0.05) is 38.1 Å². The predicted molar refractivity (Wildman–Crippen MR) is 95.1 cm³/mol. The summed E-state index contributed by atoms with van der Waals surface area (Å²) in [5.74, 6) is 0. The van der Waals surface area contributed by atoms with Crippen molar-refractivity contribution in [1.29, 1.82) is 0 Å². The Labute approximate surface area is 145 Å². The number of rotatable bonds is 6. The van der Waals surface area contributed by atoms with Crippen LogP contribution in [-0.4, -0.2) is 57.6 Å². The lowest BCUT2D eigenvalue weighted by Crippen LogP contribution is -2.32. The standard InChI is InChI=1S/C15H26Br2N4/c1-3-13-15(17)14(21(4-2)18-13)12-20-8-5-7-19(9-6-16)10-11-20/h3-12H2,1-2H3. The Balaban J connectivity index is 2.03. The van der Waals surface area contributed by atoms with E-state index in [9.17, 15) is 0 Å². The predicted octanol–water partition coefficient (Wildman–Crippen LogP) is 3.13. The van der Waals surface area contributed by atoms with E-state index in [2.05, 4.69) is 60.2 Å². The molecule has 21 heavy (non-hydrogen) atoms. The minimum Gasteiger partial charge on any atom is -0.301 e. The zero-order valence-electron chi connectivity index (χ0n) is 13.1. The summed E-state index contributed by atoms with van der Waals surface area (Å²) in [7, 11) is 0. The summed E-state index contributed by atoms with van der Waals surface area (Å²) in [4.78, 5) is 5.12. The van der Waals surface area contributed by atoms with Gasteiger partial charge in [0.05, 0.1) is 15.9 Å². The lowest BCUT2D eigenvalue weighted by molar-refractivity contribution is 0.252. The van der Waals surface area contributed by atoms with Crippen molar-refractivity contribution >= 4 is 31.9 Å². The molecular formula is C15H26Br2N4. The van der Waals surface area contributed by atoms with Gasteiger partial charge in [0.1, 0.15) is 0 Å². The number of hydrogen-bond donors (Lipinski definition) is 0. The molecule has 1 fully saturated rings. The summed E-state index contributed by atoms with van der Waals surface area (Å²) in [6.07, 6.45) is 2.24. The van der Waals surface area contributed by atoms with Gasteiger partial charge in [-0.1, -0.05) is 22.9 Å². The van der Waals surface area contributed by atoms with Crippen LogP contribution in [0, 0.1) is 0 Å². The van der Waals surface area contributed by atoms with Gasteiger partial charge in [0.2, 0.25) is 0 Å². The number of hydrogen-bond acceptors (Lipinski definition) is 3. The van der Waals surface area contributed by atoms with Crippen LogP contribution in [0.15, 0.2) is 4.47 Å². The fraction of sp³-hybridized carbons (Fsp3) is 0.800. The van der Waals surface area contributed by atoms with Crippen LogP contribution >= 0.6 is 31.9 Å². The van der Waals surface area contributed by atoms with Gasteiger partial charge in [0.25, 0.3) is 0 Å². The molecule has 0 saturated carbocycles. The second kappa shape index (κ2) is 8.65. The van der Waals surface area contributed by atoms with Crippen LogP contribution in [0.1, 0.15) is 31.7 Å². The van der Waals surface area contributed by atoms with Gasteiger partial charge in [-0.15, -0.1) is 0 Å². The Hall–Kier alpha value is 0.0900. The molecule has 1 aliphatic rings. The third kappa shape index (κ3) is 4.53. The molecule has 1 aliphatic heterocycles. The van der Waals surface area contributed by atoms with E-state index >= 15 is 0 Å². The Kier molecular flexibility index (Phi) is 7.19. The highest BCUT2D eigenvalue weighted by Crippen LogP contribution is 2.24. The molecule has 0 radical (unpaired) electrons. The van der Waals surface area contributed by atoms with Gasteiger partial charge in [-0.25, -0.2) is 0 Å². The second-order valence-electron chi connectivity index (χ2n) is 5.54. The zero-order chi connectivity index (χ0) is 15.2. The van der Waals surface area contributed by atoms with Crippen molar-refractivity contribution < 1.29 is 0 Å². The first-order chi connectivity index (χ1) is 10.2. The molecule has 2 heterocycles. The molecule has 0 atom stereocenters. The maximum atomic E-state index is 4.71. The molecule has 4 nitrogen and oxygen atoms in total. The maximum absolute atomic E-state index is 4.71. The van der Waals surface area contributed by atoms with E-state index in [1.54, 1.807) is 0 Å². The SMILES string of the molecule is CCc1nn(CC)c(CN2CCCN(CCBr)CC2)c1Br. The number of aromatic nitrogens is 2. The summed E-state index contributed by atoms with van der Waals surface area (Å²) in [5.41, 5.74) is 2.52. The van der Waals surface area contributed by atoms with E-state index in [0.717, 1.165) is 37.9 Å². The summed E-state index contributed by atoms with van der Waals surface area (Å²) >= 11 is 7.30. The van der Waals surface area contributed by atoms with E-state index < -0.39 is 0 Å². The van der Waals surface area contributed by atoms with Crippen LogP contribution in [-0.2, 0) is 19.5 Å². The number of alkyl halides is 1. The van der Waals surface area contributed by atoms with Crippen LogP contribution in [0.25, 0.3) is 0 Å². The lowest BCUT2D eigenvalue weighted by atomic mass is 10.3. The zero-order valence-corrected chi connectivity index (χ0v) is 16.3. The Morgan fingerprint density at radius 2 is 1.81 bits per heavy atom. The maximum Gasteiger partial charge on any atom is 0.0767 e. The highest BCUT2D eigenvalue weighted by atomic mass is 79.9. The number of nitrogens with zero attached hydrogens (tertiary/aromatic N) is 4. The quantitative estimate of drug-likeness (QED) is 0.659. The van der Waals surface area contributed by atoms with Crippen LogP contribution < -0.4 is 0 Å². The minimum absolute atomic E-state index is 0.942. The molecule has 1 aromatic heterocycles. The average molecular weight is 422 g/mol. The molecule has 0 aromatic carbocycles. The molecule has 6 heteroatoms. The number of aryl methyl sites for hydroxylation is 2. The van der Waals surface area contributed by atoms with Crippen LogP contribution in [0.3, 0.4) is 0 Å². The van der Waals surface area contributed by atoms with Crippen molar-refractivity contribution in [1.82, 2.24) is 19.6 Å². The van der Waals surface area contributed by atoms with Crippen LogP contribution in [0.2, 0.25) is 0 Å². The first-order valence-electron chi connectivity index (χ1n) is 7.94. The van der Waals surface area contributed by atoms with Crippen molar-refractivity contribution in [3.05, 3.63) is 15.9 Å². The van der Waals surface area contributed by atoms with Gasteiger partial charge in [-0.2, -0.15) is 5.10 Å². The largest absolute Gasteiger partial charge is 0.301 e. The summed E-state index contributed by atoms with van der Waals surface area (Å²) in [6, 6.07) is 0. The lowest BCUT2D eigenvalue weighted by Gasteiger charge is -2.21. The monoisotopic (exact) mass is 420 g/mol. The van der Waals surface area contributed by atoms with Crippen molar-refractivity contribution in [2.75, 3.05) is 38.1 Å². The first-order valence-corrected chi connectivity index (χ1v) is 9.85. The molecule has 0 N–H and O–H groups in total. The highest BCUT2D eigenvalue weighted by Gasteiger charge is 2.19. The molecule has 0 aliphatic carbocycles. The van der Waals surface area contributed by atoms with Crippen molar-refractivity contribution in [3.8, 4) is 0 Å². The second-order valence-corrected chi connectivity index (χ2v) is 7.12. The Morgan fingerprint density at radius 3 is 2.48 bits per heavy atom. The van der Waals surface area contributed by atoms with Gasteiger partial charge in [0.15, 0.2) is 0 Å². The van der Waals surface area contributed by atoms with Crippen molar-refractivity contribution in [2.45, 2.75) is 39.8 Å². The number of halogens is 2. The van der Waals surface area contributed by atoms with E-state index in [-0.39, 0.29) is 0 Å². The first kappa shape index (κ1) is 17.4. The third-order valence-corrected chi connectivity index (χ3v) is 5.42. The fourth-order valence-corrected chi connectivity index (χ4v) is 4.10. The summed E-state index contributed by atoms with van der Waals surface area (Å²) in [5, 5.41) is 5.78. The minimum atomic E-state index is 0.942. The molecule has 1 aromatic rings. The summed E-state index contributed by atoms with van der Waals surface area (Å²) in [6.45, 7) is 12.2. The Morgan fingerprint density at radius 1 is 1.10 bits per heavy atom. The molecule has 0 amide bonds. The van der Waals surface area contributed by atoms with Crippen LogP contribution in [0.4, 0.5) is 0 Å². The molecule has 0 bridgehead atoms. The Bertz CT molecular complexity index is 447. The van der Waals surface area contributed by atoms with Crippen molar-refractivity contribution in [3.63, 3.8) is 0 Å². The molecule has 2 rings (SSSR count). The third-order valence-electron chi connectivity index (χ3n) is 4.15. The van der Waals surface area contributed by atoms with Gasteiger partial charge < -0.3 is 4.90 Å². The average Bonchev–Trinajstić information content (AvgIpc) is 2.64. The van der Waals surface area contributed by atoms with E-state index in [1.165, 1.54) is 41.9 Å². The molecule has 0 spiro atoms.